The molecule has 0 aliphatic carbocycles. The van der Waals surface area contributed by atoms with Crippen LogP contribution in [0.4, 0.5) is 5.82 Å². The lowest BCUT2D eigenvalue weighted by Gasteiger charge is -2.12. The zero-order valence-electron chi connectivity index (χ0n) is 11.6. The first-order valence-corrected chi connectivity index (χ1v) is 6.30. The average Bonchev–Trinajstić information content (AvgIpc) is 2.39. The highest BCUT2D eigenvalue weighted by molar-refractivity contribution is 5.61. The molecule has 100 valence electrons. The maximum Gasteiger partial charge on any atom is 0.130 e. The van der Waals surface area contributed by atoms with Crippen molar-refractivity contribution >= 4 is 5.82 Å². The third kappa shape index (κ3) is 3.99. The van der Waals surface area contributed by atoms with E-state index in [2.05, 4.69) is 39.3 Å². The van der Waals surface area contributed by atoms with E-state index in [0.29, 0.717) is 0 Å². The molecule has 0 radical (unpaired) electrons. The van der Waals surface area contributed by atoms with Gasteiger partial charge in [0.1, 0.15) is 11.6 Å². The molecule has 2 aromatic rings. The molecule has 0 saturated carbocycles. The van der Waals surface area contributed by atoms with Crippen molar-refractivity contribution in [3.8, 4) is 11.3 Å². The van der Waals surface area contributed by atoms with Gasteiger partial charge in [0.05, 0.1) is 5.69 Å². The second-order valence-corrected chi connectivity index (χ2v) is 4.65. The van der Waals surface area contributed by atoms with Crippen molar-refractivity contribution in [3.05, 3.63) is 36.4 Å². The zero-order chi connectivity index (χ0) is 13.7. The van der Waals surface area contributed by atoms with Crippen molar-refractivity contribution < 1.29 is 0 Å². The van der Waals surface area contributed by atoms with Gasteiger partial charge in [-0.2, -0.15) is 0 Å². The van der Waals surface area contributed by atoms with Gasteiger partial charge in [-0.05, 0) is 33.2 Å². The first-order chi connectivity index (χ1) is 9.15. The van der Waals surface area contributed by atoms with E-state index in [1.165, 1.54) is 0 Å². The Kier molecular flexibility index (Phi) is 4.41. The van der Waals surface area contributed by atoms with Gasteiger partial charge in [-0.1, -0.05) is 0 Å². The van der Waals surface area contributed by atoms with E-state index < -0.39 is 0 Å². The van der Waals surface area contributed by atoms with Crippen LogP contribution in [-0.2, 0) is 0 Å². The molecule has 5 heteroatoms. The Bertz CT molecular complexity index is 525. The van der Waals surface area contributed by atoms with Gasteiger partial charge >= 0.3 is 0 Å². The van der Waals surface area contributed by atoms with E-state index in [1.54, 1.807) is 12.4 Å². The Balaban J connectivity index is 2.16. The average molecular weight is 257 g/mol. The molecule has 1 N–H and O–H groups in total. The second-order valence-electron chi connectivity index (χ2n) is 4.65. The molecule has 2 rings (SSSR count). The number of rotatable bonds is 5. The summed E-state index contributed by atoms with van der Waals surface area (Å²) in [7, 11) is 4.10. The lowest BCUT2D eigenvalue weighted by atomic mass is 10.2. The van der Waals surface area contributed by atoms with Gasteiger partial charge in [0, 0.05) is 37.1 Å². The summed E-state index contributed by atoms with van der Waals surface area (Å²) in [6, 6.07) is 5.87. The van der Waals surface area contributed by atoms with Crippen LogP contribution in [0.1, 0.15) is 5.82 Å². The summed E-state index contributed by atoms with van der Waals surface area (Å²) in [5.74, 6) is 1.63. The van der Waals surface area contributed by atoms with Gasteiger partial charge in [0.2, 0.25) is 0 Å². The number of nitrogens with zero attached hydrogens (tertiary/aromatic N) is 4. The maximum absolute atomic E-state index is 4.46. The summed E-state index contributed by atoms with van der Waals surface area (Å²) >= 11 is 0. The monoisotopic (exact) mass is 257 g/mol. The normalized spacial score (nSPS) is 10.7. The third-order valence-electron chi connectivity index (χ3n) is 2.68. The van der Waals surface area contributed by atoms with Crippen molar-refractivity contribution in [3.63, 3.8) is 0 Å². The molecule has 0 atom stereocenters. The van der Waals surface area contributed by atoms with Gasteiger partial charge in [-0.3, -0.25) is 4.98 Å². The lowest BCUT2D eigenvalue weighted by Crippen LogP contribution is -2.21. The molecular formula is C14H19N5. The second kappa shape index (κ2) is 6.24. The van der Waals surface area contributed by atoms with E-state index >= 15 is 0 Å². The molecule has 19 heavy (non-hydrogen) atoms. The highest BCUT2D eigenvalue weighted by Crippen LogP contribution is 2.18. The SMILES string of the molecule is Cc1nc(NCCN(C)C)cc(-c2ccncc2)n1. The quantitative estimate of drug-likeness (QED) is 0.885. The minimum Gasteiger partial charge on any atom is -0.369 e. The summed E-state index contributed by atoms with van der Waals surface area (Å²) in [4.78, 5) is 15.0. The first kappa shape index (κ1) is 13.4. The molecule has 0 amide bonds. The maximum atomic E-state index is 4.46. The molecule has 0 fully saturated rings. The summed E-state index contributed by atoms with van der Waals surface area (Å²) in [6.45, 7) is 3.73. The van der Waals surface area contributed by atoms with Crippen molar-refractivity contribution in [1.82, 2.24) is 19.9 Å². The molecule has 5 nitrogen and oxygen atoms in total. The Morgan fingerprint density at radius 3 is 2.58 bits per heavy atom. The number of aryl methyl sites for hydroxylation is 1. The predicted molar refractivity (Wildman–Crippen MR) is 77.0 cm³/mol. The van der Waals surface area contributed by atoms with E-state index in [0.717, 1.165) is 36.0 Å². The van der Waals surface area contributed by atoms with Crippen LogP contribution in [0.5, 0.6) is 0 Å². The molecule has 0 aliphatic rings. The molecule has 0 aromatic carbocycles. The highest BCUT2D eigenvalue weighted by atomic mass is 15.1. The molecular weight excluding hydrogens is 238 g/mol. The third-order valence-corrected chi connectivity index (χ3v) is 2.68. The molecule has 2 heterocycles. The zero-order valence-corrected chi connectivity index (χ0v) is 11.6. The topological polar surface area (TPSA) is 53.9 Å². The van der Waals surface area contributed by atoms with Crippen LogP contribution in [0.15, 0.2) is 30.6 Å². The fourth-order valence-corrected chi connectivity index (χ4v) is 1.74. The molecule has 0 unspecified atom stereocenters. The Morgan fingerprint density at radius 1 is 1.16 bits per heavy atom. The van der Waals surface area contributed by atoms with Gasteiger partial charge < -0.3 is 10.2 Å². The van der Waals surface area contributed by atoms with Crippen molar-refractivity contribution in [2.45, 2.75) is 6.92 Å². The number of nitrogens with one attached hydrogen (secondary N) is 1. The van der Waals surface area contributed by atoms with Gasteiger partial charge in [0.25, 0.3) is 0 Å². The molecule has 0 spiro atoms. The number of hydrogen-bond donors (Lipinski definition) is 1. The number of pyridine rings is 1. The predicted octanol–water partition coefficient (Wildman–Crippen LogP) is 1.82. The standard InChI is InChI=1S/C14H19N5/c1-11-17-13(12-4-6-15-7-5-12)10-14(18-11)16-8-9-19(2)3/h4-7,10H,8-9H2,1-3H3,(H,16,17,18). The number of hydrogen-bond acceptors (Lipinski definition) is 5. The van der Waals surface area contributed by atoms with Crippen LogP contribution >= 0.6 is 0 Å². The van der Waals surface area contributed by atoms with E-state index in [9.17, 15) is 0 Å². The van der Waals surface area contributed by atoms with Crippen LogP contribution < -0.4 is 5.32 Å². The Morgan fingerprint density at radius 2 is 1.89 bits per heavy atom. The molecule has 0 bridgehead atoms. The minimum absolute atomic E-state index is 0.765. The van der Waals surface area contributed by atoms with Crippen LogP contribution in [0.25, 0.3) is 11.3 Å². The van der Waals surface area contributed by atoms with Crippen LogP contribution in [0.2, 0.25) is 0 Å². The largest absolute Gasteiger partial charge is 0.369 e. The van der Waals surface area contributed by atoms with Crippen LogP contribution in [0.3, 0.4) is 0 Å². The van der Waals surface area contributed by atoms with Crippen molar-refractivity contribution in [1.29, 1.82) is 0 Å². The summed E-state index contributed by atoms with van der Waals surface area (Å²) in [5.41, 5.74) is 1.97. The van der Waals surface area contributed by atoms with E-state index in [1.807, 2.05) is 25.1 Å². The van der Waals surface area contributed by atoms with E-state index in [-0.39, 0.29) is 0 Å². The summed E-state index contributed by atoms with van der Waals surface area (Å²) in [5, 5.41) is 3.32. The number of anilines is 1. The molecule has 2 aromatic heterocycles. The van der Waals surface area contributed by atoms with Gasteiger partial charge in [0.15, 0.2) is 0 Å². The highest BCUT2D eigenvalue weighted by Gasteiger charge is 2.04. The smallest absolute Gasteiger partial charge is 0.130 e. The van der Waals surface area contributed by atoms with Gasteiger partial charge in [-0.25, -0.2) is 9.97 Å². The Labute approximate surface area is 113 Å². The van der Waals surface area contributed by atoms with Crippen molar-refractivity contribution in [2.24, 2.45) is 0 Å². The van der Waals surface area contributed by atoms with Crippen LogP contribution in [0, 0.1) is 6.92 Å². The summed E-state index contributed by atoms with van der Waals surface area (Å²) < 4.78 is 0. The minimum atomic E-state index is 0.765. The first-order valence-electron chi connectivity index (χ1n) is 6.30. The Hall–Kier alpha value is -2.01. The fraction of sp³-hybridized carbons (Fsp3) is 0.357. The molecule has 0 saturated heterocycles. The molecule has 0 aliphatic heterocycles. The summed E-state index contributed by atoms with van der Waals surface area (Å²) in [6.07, 6.45) is 3.54. The lowest BCUT2D eigenvalue weighted by molar-refractivity contribution is 0.425. The number of likely N-dealkylation sites (N-methyl/N-ethyl adjacent to an activating group) is 1. The number of aromatic nitrogens is 3. The fourth-order valence-electron chi connectivity index (χ4n) is 1.74. The van der Waals surface area contributed by atoms with Crippen LogP contribution in [-0.4, -0.2) is 47.0 Å². The van der Waals surface area contributed by atoms with Crippen molar-refractivity contribution in [2.75, 3.05) is 32.5 Å². The van der Waals surface area contributed by atoms with Gasteiger partial charge in [-0.15, -0.1) is 0 Å². The van der Waals surface area contributed by atoms with E-state index in [4.69, 9.17) is 0 Å².